The van der Waals surface area contributed by atoms with Crippen molar-refractivity contribution in [3.05, 3.63) is 58.0 Å². The van der Waals surface area contributed by atoms with Gasteiger partial charge in [0.05, 0.1) is 6.04 Å². The fourth-order valence-corrected chi connectivity index (χ4v) is 2.38. The number of hydrogen-bond donors (Lipinski definition) is 1. The average Bonchev–Trinajstić information content (AvgIpc) is 2.81. The second-order valence-corrected chi connectivity index (χ2v) is 4.82. The molecule has 0 aliphatic carbocycles. The molecule has 1 N–H and O–H groups in total. The standard InChI is InChI=1S/C15H18ClNO/c1-4-12-6-8-14(18-12)15(17-3)13-7-5-11(16)9-10(13)2/h5-9,15,17H,4H2,1-3H3. The van der Waals surface area contributed by atoms with E-state index in [1.54, 1.807) is 0 Å². The van der Waals surface area contributed by atoms with E-state index in [4.69, 9.17) is 16.0 Å². The maximum Gasteiger partial charge on any atom is 0.125 e. The number of benzene rings is 1. The van der Waals surface area contributed by atoms with Gasteiger partial charge < -0.3 is 9.73 Å². The van der Waals surface area contributed by atoms with E-state index >= 15 is 0 Å². The molecule has 2 aromatic rings. The van der Waals surface area contributed by atoms with E-state index in [2.05, 4.69) is 19.2 Å². The summed E-state index contributed by atoms with van der Waals surface area (Å²) in [5.74, 6) is 1.96. The molecule has 2 nitrogen and oxygen atoms in total. The Hall–Kier alpha value is -1.25. The van der Waals surface area contributed by atoms with Crippen LogP contribution < -0.4 is 5.32 Å². The highest BCUT2D eigenvalue weighted by Gasteiger charge is 2.17. The molecule has 1 heterocycles. The van der Waals surface area contributed by atoms with Crippen LogP contribution in [0.15, 0.2) is 34.7 Å². The van der Waals surface area contributed by atoms with E-state index in [0.717, 1.165) is 28.5 Å². The minimum absolute atomic E-state index is 0.0718. The van der Waals surface area contributed by atoms with Gasteiger partial charge in [-0.15, -0.1) is 0 Å². The Morgan fingerprint density at radius 2 is 2.06 bits per heavy atom. The quantitative estimate of drug-likeness (QED) is 0.898. The molecule has 0 radical (unpaired) electrons. The Bertz CT molecular complexity index is 533. The monoisotopic (exact) mass is 263 g/mol. The van der Waals surface area contributed by atoms with Crippen molar-refractivity contribution < 1.29 is 4.42 Å². The molecule has 0 saturated heterocycles. The lowest BCUT2D eigenvalue weighted by molar-refractivity contribution is 0.433. The zero-order valence-electron chi connectivity index (χ0n) is 11.0. The van der Waals surface area contributed by atoms with Crippen molar-refractivity contribution in [3.63, 3.8) is 0 Å². The van der Waals surface area contributed by atoms with Crippen molar-refractivity contribution in [2.24, 2.45) is 0 Å². The van der Waals surface area contributed by atoms with E-state index in [0.29, 0.717) is 0 Å². The summed E-state index contributed by atoms with van der Waals surface area (Å²) in [6.45, 7) is 4.15. The van der Waals surface area contributed by atoms with Crippen LogP contribution in [0, 0.1) is 6.92 Å². The number of nitrogens with one attached hydrogen (secondary N) is 1. The molecule has 18 heavy (non-hydrogen) atoms. The number of hydrogen-bond acceptors (Lipinski definition) is 2. The molecule has 1 unspecified atom stereocenters. The smallest absolute Gasteiger partial charge is 0.125 e. The van der Waals surface area contributed by atoms with Gasteiger partial charge in [-0.2, -0.15) is 0 Å². The molecule has 1 aromatic heterocycles. The molecule has 0 amide bonds. The number of furan rings is 1. The number of aryl methyl sites for hydroxylation is 2. The molecule has 0 aliphatic heterocycles. The third-order valence-electron chi connectivity index (χ3n) is 3.15. The molecular weight excluding hydrogens is 246 g/mol. The van der Waals surface area contributed by atoms with Crippen LogP contribution >= 0.6 is 11.6 Å². The molecular formula is C15H18ClNO. The van der Waals surface area contributed by atoms with Crippen LogP contribution in [0.3, 0.4) is 0 Å². The topological polar surface area (TPSA) is 25.2 Å². The minimum atomic E-state index is 0.0718. The van der Waals surface area contributed by atoms with Gasteiger partial charge in [-0.05, 0) is 49.4 Å². The normalized spacial score (nSPS) is 12.7. The third kappa shape index (κ3) is 2.60. The van der Waals surface area contributed by atoms with Crippen LogP contribution in [0.1, 0.15) is 35.6 Å². The maximum absolute atomic E-state index is 5.99. The van der Waals surface area contributed by atoms with Gasteiger partial charge in [0.1, 0.15) is 11.5 Å². The lowest BCUT2D eigenvalue weighted by atomic mass is 9.99. The summed E-state index contributed by atoms with van der Waals surface area (Å²) in [7, 11) is 1.94. The first-order chi connectivity index (χ1) is 8.65. The van der Waals surface area contributed by atoms with Crippen LogP contribution in [-0.4, -0.2) is 7.05 Å². The van der Waals surface area contributed by atoms with Gasteiger partial charge in [0.25, 0.3) is 0 Å². The van der Waals surface area contributed by atoms with Crippen molar-refractivity contribution in [2.75, 3.05) is 7.05 Å². The van der Waals surface area contributed by atoms with Gasteiger partial charge in [0.2, 0.25) is 0 Å². The molecule has 1 atom stereocenters. The summed E-state index contributed by atoms with van der Waals surface area (Å²) >= 11 is 5.99. The molecule has 0 saturated carbocycles. The Morgan fingerprint density at radius 3 is 2.61 bits per heavy atom. The third-order valence-corrected chi connectivity index (χ3v) is 3.38. The summed E-state index contributed by atoms with van der Waals surface area (Å²) < 4.78 is 5.83. The Balaban J connectivity index is 2.38. The molecule has 2 rings (SSSR count). The van der Waals surface area contributed by atoms with E-state index in [1.165, 1.54) is 5.56 Å². The van der Waals surface area contributed by atoms with E-state index in [-0.39, 0.29) is 6.04 Å². The Morgan fingerprint density at radius 1 is 1.28 bits per heavy atom. The summed E-state index contributed by atoms with van der Waals surface area (Å²) in [6, 6.07) is 10.1. The Labute approximate surface area is 113 Å². The predicted molar refractivity (Wildman–Crippen MR) is 75.2 cm³/mol. The summed E-state index contributed by atoms with van der Waals surface area (Å²) in [6.07, 6.45) is 0.913. The van der Waals surface area contributed by atoms with Gasteiger partial charge in [-0.3, -0.25) is 0 Å². The van der Waals surface area contributed by atoms with E-state index < -0.39 is 0 Å². The summed E-state index contributed by atoms with van der Waals surface area (Å²) in [5, 5.41) is 4.06. The van der Waals surface area contributed by atoms with Crippen LogP contribution in [0.2, 0.25) is 5.02 Å². The van der Waals surface area contributed by atoms with Gasteiger partial charge in [-0.1, -0.05) is 24.6 Å². The second-order valence-electron chi connectivity index (χ2n) is 4.38. The molecule has 0 bridgehead atoms. The van der Waals surface area contributed by atoms with E-state index in [9.17, 15) is 0 Å². The number of halogens is 1. The zero-order chi connectivity index (χ0) is 13.1. The lowest BCUT2D eigenvalue weighted by Gasteiger charge is -2.17. The van der Waals surface area contributed by atoms with Crippen molar-refractivity contribution in [1.29, 1.82) is 0 Å². The van der Waals surface area contributed by atoms with Crippen molar-refractivity contribution >= 4 is 11.6 Å². The number of rotatable bonds is 4. The maximum atomic E-state index is 5.99. The average molecular weight is 264 g/mol. The van der Waals surface area contributed by atoms with Crippen LogP contribution in [-0.2, 0) is 6.42 Å². The first-order valence-electron chi connectivity index (χ1n) is 6.17. The highest BCUT2D eigenvalue weighted by Crippen LogP contribution is 2.28. The van der Waals surface area contributed by atoms with Crippen molar-refractivity contribution in [3.8, 4) is 0 Å². The highest BCUT2D eigenvalue weighted by atomic mass is 35.5. The fraction of sp³-hybridized carbons (Fsp3) is 0.333. The fourth-order valence-electron chi connectivity index (χ4n) is 2.15. The molecule has 0 fully saturated rings. The first-order valence-corrected chi connectivity index (χ1v) is 6.55. The van der Waals surface area contributed by atoms with Gasteiger partial charge in [-0.25, -0.2) is 0 Å². The molecule has 96 valence electrons. The van der Waals surface area contributed by atoms with Crippen LogP contribution in [0.5, 0.6) is 0 Å². The van der Waals surface area contributed by atoms with Crippen molar-refractivity contribution in [2.45, 2.75) is 26.3 Å². The van der Waals surface area contributed by atoms with Gasteiger partial charge in [0.15, 0.2) is 0 Å². The molecule has 0 spiro atoms. The Kier molecular flexibility index (Phi) is 4.10. The zero-order valence-corrected chi connectivity index (χ0v) is 11.7. The predicted octanol–water partition coefficient (Wildman–Crippen LogP) is 4.11. The molecule has 1 aromatic carbocycles. The van der Waals surface area contributed by atoms with Gasteiger partial charge >= 0.3 is 0 Å². The molecule has 3 heteroatoms. The van der Waals surface area contributed by atoms with Crippen LogP contribution in [0.4, 0.5) is 0 Å². The largest absolute Gasteiger partial charge is 0.464 e. The molecule has 0 aliphatic rings. The highest BCUT2D eigenvalue weighted by molar-refractivity contribution is 6.30. The van der Waals surface area contributed by atoms with Crippen molar-refractivity contribution in [1.82, 2.24) is 5.32 Å². The van der Waals surface area contributed by atoms with E-state index in [1.807, 2.05) is 37.4 Å². The summed E-state index contributed by atoms with van der Waals surface area (Å²) in [4.78, 5) is 0. The van der Waals surface area contributed by atoms with Crippen LogP contribution in [0.25, 0.3) is 0 Å². The lowest BCUT2D eigenvalue weighted by Crippen LogP contribution is -2.18. The second kappa shape index (κ2) is 5.59. The summed E-state index contributed by atoms with van der Waals surface area (Å²) in [5.41, 5.74) is 2.36. The first kappa shape index (κ1) is 13.2. The minimum Gasteiger partial charge on any atom is -0.464 e. The SMILES string of the molecule is CCc1ccc(C(NC)c2ccc(Cl)cc2C)o1. The van der Waals surface area contributed by atoms with Gasteiger partial charge in [0, 0.05) is 11.4 Å².